The molecule has 0 amide bonds. The summed E-state index contributed by atoms with van der Waals surface area (Å²) >= 11 is 4.98. The summed E-state index contributed by atoms with van der Waals surface area (Å²) in [7, 11) is 3.38. The fraction of sp³-hybridized carbons (Fsp3) is 0.222. The van der Waals surface area contributed by atoms with Gasteiger partial charge >= 0.3 is 0 Å². The first-order valence-electron chi connectivity index (χ1n) is 7.56. The van der Waals surface area contributed by atoms with Crippen molar-refractivity contribution in [3.8, 4) is 11.5 Å². The maximum absolute atomic E-state index is 5.90. The lowest BCUT2D eigenvalue weighted by molar-refractivity contribution is -0.500. The minimum Gasteiger partial charge on any atom is -0.493 e. The molecule has 0 radical (unpaired) electrons. The molecule has 0 unspecified atom stereocenters. The Bertz CT molecular complexity index is 732. The van der Waals surface area contributed by atoms with Crippen LogP contribution in [0.5, 0.6) is 11.5 Å². The van der Waals surface area contributed by atoms with Gasteiger partial charge in [0.15, 0.2) is 17.7 Å². The number of benzene rings is 2. The largest absolute Gasteiger partial charge is 0.493 e. The van der Waals surface area contributed by atoms with Crippen LogP contribution in [-0.2, 0) is 6.61 Å². The second kappa shape index (κ2) is 8.88. The molecule has 0 atom stereocenters. The van der Waals surface area contributed by atoms with Crippen LogP contribution in [0.4, 0.5) is 0 Å². The van der Waals surface area contributed by atoms with Gasteiger partial charge in [-0.15, -0.1) is 10.5 Å². The van der Waals surface area contributed by atoms with Crippen LogP contribution in [0, 0.1) is 6.92 Å². The highest BCUT2D eigenvalue weighted by Crippen LogP contribution is 2.28. The molecule has 0 bridgehead atoms. The highest BCUT2D eigenvalue weighted by atomic mass is 32.1. The Hall–Kier alpha value is -2.60. The first-order valence-corrected chi connectivity index (χ1v) is 7.96. The highest BCUT2D eigenvalue weighted by Gasteiger charge is 2.07. The Kier molecular flexibility index (Phi) is 6.57. The number of hydrogen-bond acceptors (Lipinski definition) is 3. The van der Waals surface area contributed by atoms with Crippen molar-refractivity contribution < 1.29 is 14.6 Å². The summed E-state index contributed by atoms with van der Waals surface area (Å²) in [5, 5.41) is 6.24. The van der Waals surface area contributed by atoms with Gasteiger partial charge in [0.2, 0.25) is 5.11 Å². The topological polar surface area (TPSA) is 56.5 Å². The predicted octanol–water partition coefficient (Wildman–Crippen LogP) is 1.09. The summed E-state index contributed by atoms with van der Waals surface area (Å²) in [5.74, 6) is 1.38. The third-order valence-corrected chi connectivity index (χ3v) is 3.79. The standard InChI is InChI=1S/C18H21N3O2S/c1-13-6-4-5-7-15(13)12-23-16-9-8-14(10-17(16)22-3)11-20-21-18(24)19-2/h4-11H,12H2,1-3H3,(H2,19,21,24)/p+1. The Balaban J connectivity index is 2.06. The van der Waals surface area contributed by atoms with Crippen LogP contribution in [0.1, 0.15) is 16.7 Å². The number of nitrogens with one attached hydrogen (secondary N) is 3. The summed E-state index contributed by atoms with van der Waals surface area (Å²) in [6.45, 7) is 2.57. The lowest BCUT2D eigenvalue weighted by Crippen LogP contribution is -2.82. The van der Waals surface area contributed by atoms with Gasteiger partial charge in [-0.3, -0.25) is 0 Å². The van der Waals surface area contributed by atoms with Crippen molar-refractivity contribution in [2.45, 2.75) is 13.5 Å². The van der Waals surface area contributed by atoms with Crippen molar-refractivity contribution >= 4 is 23.5 Å². The Morgan fingerprint density at radius 3 is 2.71 bits per heavy atom. The van der Waals surface area contributed by atoms with Crippen LogP contribution in [-0.4, -0.2) is 25.5 Å². The van der Waals surface area contributed by atoms with E-state index in [9.17, 15) is 0 Å². The van der Waals surface area contributed by atoms with Gasteiger partial charge in [0.25, 0.3) is 0 Å². The van der Waals surface area contributed by atoms with E-state index in [2.05, 4.69) is 34.9 Å². The van der Waals surface area contributed by atoms with Crippen molar-refractivity contribution in [2.75, 3.05) is 14.2 Å². The lowest BCUT2D eigenvalue weighted by Gasteiger charge is -2.12. The van der Waals surface area contributed by atoms with E-state index in [1.54, 1.807) is 20.4 Å². The van der Waals surface area contributed by atoms with Crippen LogP contribution >= 0.6 is 12.2 Å². The summed E-state index contributed by atoms with van der Waals surface area (Å²) in [6, 6.07) is 13.9. The molecule has 0 spiro atoms. The molecule has 2 aromatic rings. The van der Waals surface area contributed by atoms with E-state index in [4.69, 9.17) is 21.7 Å². The van der Waals surface area contributed by atoms with Gasteiger partial charge in [-0.25, -0.2) is 0 Å². The molecule has 5 nitrogen and oxygen atoms in total. The number of methoxy groups -OCH3 is 1. The van der Waals surface area contributed by atoms with Gasteiger partial charge in [-0.2, -0.15) is 0 Å². The van der Waals surface area contributed by atoms with E-state index in [-0.39, 0.29) is 0 Å². The molecule has 0 fully saturated rings. The number of rotatable bonds is 6. The van der Waals surface area contributed by atoms with E-state index >= 15 is 0 Å². The van der Waals surface area contributed by atoms with Crippen LogP contribution in [0.3, 0.4) is 0 Å². The smallest absolute Gasteiger partial charge is 0.223 e. The summed E-state index contributed by atoms with van der Waals surface area (Å²) < 4.78 is 11.3. The molecule has 3 N–H and O–H groups in total. The molecular formula is C18H22N3O2S+. The zero-order chi connectivity index (χ0) is 17.4. The average Bonchev–Trinajstić information content (AvgIpc) is 2.61. The van der Waals surface area contributed by atoms with E-state index in [0.717, 1.165) is 11.1 Å². The summed E-state index contributed by atoms with van der Waals surface area (Å²) in [5.41, 5.74) is 6.12. The SMILES string of the molecule is CNC(=S)N[NH+]=Cc1ccc(OCc2ccccc2C)c(OC)c1. The van der Waals surface area contributed by atoms with Crippen molar-refractivity contribution in [1.29, 1.82) is 0 Å². The maximum atomic E-state index is 5.90. The predicted molar refractivity (Wildman–Crippen MR) is 99.4 cm³/mol. The second-order valence-electron chi connectivity index (χ2n) is 5.12. The van der Waals surface area contributed by atoms with Crippen molar-refractivity contribution in [3.05, 3.63) is 59.2 Å². The molecule has 0 aliphatic heterocycles. The normalized spacial score (nSPS) is 10.5. The molecule has 0 saturated heterocycles. The number of hydrazine groups is 1. The first kappa shape index (κ1) is 17.7. The number of aryl methyl sites for hydroxylation is 1. The summed E-state index contributed by atoms with van der Waals surface area (Å²) in [6.07, 6.45) is 1.79. The van der Waals surface area contributed by atoms with Gasteiger partial charge < -0.3 is 14.8 Å². The number of hydrazone groups is 1. The maximum Gasteiger partial charge on any atom is 0.223 e. The van der Waals surface area contributed by atoms with Gasteiger partial charge in [0.1, 0.15) is 6.61 Å². The minimum absolute atomic E-state index is 0.502. The van der Waals surface area contributed by atoms with Crippen molar-refractivity contribution in [1.82, 2.24) is 10.7 Å². The highest BCUT2D eigenvalue weighted by molar-refractivity contribution is 7.80. The van der Waals surface area contributed by atoms with Crippen LogP contribution in [0.25, 0.3) is 0 Å². The Morgan fingerprint density at radius 1 is 1.21 bits per heavy atom. The molecule has 0 aromatic heterocycles. The van der Waals surface area contributed by atoms with Gasteiger partial charge in [0, 0.05) is 12.6 Å². The molecule has 2 rings (SSSR count). The van der Waals surface area contributed by atoms with E-state index in [0.29, 0.717) is 23.2 Å². The average molecular weight is 344 g/mol. The molecule has 6 heteroatoms. The van der Waals surface area contributed by atoms with E-state index < -0.39 is 0 Å². The molecule has 0 saturated carbocycles. The Morgan fingerprint density at radius 2 is 2.00 bits per heavy atom. The fourth-order valence-electron chi connectivity index (χ4n) is 2.07. The monoisotopic (exact) mass is 344 g/mol. The fourth-order valence-corrected chi connectivity index (χ4v) is 2.13. The molecule has 126 valence electrons. The van der Waals surface area contributed by atoms with Gasteiger partial charge in [0.05, 0.1) is 7.11 Å². The third kappa shape index (κ3) is 4.96. The van der Waals surface area contributed by atoms with Crippen LogP contribution in [0.15, 0.2) is 42.5 Å². The first-order chi connectivity index (χ1) is 11.6. The molecule has 0 heterocycles. The lowest BCUT2D eigenvalue weighted by atomic mass is 10.1. The molecular weight excluding hydrogens is 322 g/mol. The zero-order valence-electron chi connectivity index (χ0n) is 14.1. The van der Waals surface area contributed by atoms with Crippen molar-refractivity contribution in [3.63, 3.8) is 0 Å². The van der Waals surface area contributed by atoms with Crippen molar-refractivity contribution in [2.24, 2.45) is 0 Å². The number of hydrogen-bond donors (Lipinski definition) is 3. The minimum atomic E-state index is 0.502. The number of thiocarbonyl (C=S) groups is 1. The Labute approximate surface area is 147 Å². The third-order valence-electron chi connectivity index (χ3n) is 3.48. The molecule has 2 aromatic carbocycles. The van der Waals surface area contributed by atoms with E-state index in [1.807, 2.05) is 30.3 Å². The van der Waals surface area contributed by atoms with Gasteiger partial charge in [-0.05, 0) is 48.5 Å². The molecule has 0 aliphatic rings. The van der Waals surface area contributed by atoms with Gasteiger partial charge in [-0.1, -0.05) is 24.3 Å². The number of ether oxygens (including phenoxy) is 2. The quantitative estimate of drug-likeness (QED) is 0.416. The summed E-state index contributed by atoms with van der Waals surface area (Å²) in [4.78, 5) is 0. The molecule has 24 heavy (non-hydrogen) atoms. The van der Waals surface area contributed by atoms with Crippen LogP contribution < -0.4 is 25.3 Å². The van der Waals surface area contributed by atoms with E-state index in [1.165, 1.54) is 5.56 Å². The molecule has 0 aliphatic carbocycles. The zero-order valence-corrected chi connectivity index (χ0v) is 14.9. The second-order valence-corrected chi connectivity index (χ2v) is 5.53. The van der Waals surface area contributed by atoms with Crippen LogP contribution in [0.2, 0.25) is 0 Å².